The van der Waals surface area contributed by atoms with Crippen molar-refractivity contribution in [3.05, 3.63) is 192 Å². The lowest BCUT2D eigenvalue weighted by Gasteiger charge is -2.24. The predicted molar refractivity (Wildman–Crippen MR) is 200 cm³/mol. The topological polar surface area (TPSA) is 17.8 Å². The van der Waals surface area contributed by atoms with Gasteiger partial charge in [0.15, 0.2) is 23.3 Å². The molecule has 8 heteroatoms. The van der Waals surface area contributed by atoms with Crippen LogP contribution in [0, 0.1) is 29.1 Å². The molecule has 0 bridgehead atoms. The fourth-order valence-corrected chi connectivity index (χ4v) is 9.16. The smallest absolute Gasteiger partial charge is 0.200 e. The second-order valence-electron chi connectivity index (χ2n) is 12.2. The third kappa shape index (κ3) is 5.87. The summed E-state index contributed by atoms with van der Waals surface area (Å²) >= 11 is 0. The molecule has 254 valence electrons. The first-order chi connectivity index (χ1) is 25.4. The highest BCUT2D eigenvalue weighted by molar-refractivity contribution is 7.80. The van der Waals surface area contributed by atoms with Crippen molar-refractivity contribution in [3.63, 3.8) is 0 Å². The van der Waals surface area contributed by atoms with Gasteiger partial charge >= 0.3 is 0 Å². The zero-order valence-electron chi connectivity index (χ0n) is 27.4. The van der Waals surface area contributed by atoms with Gasteiger partial charge in [0.1, 0.15) is 5.82 Å². The second kappa shape index (κ2) is 14.0. The normalized spacial score (nSPS) is 11.4. The molecule has 1 heterocycles. The number of rotatable bonds is 8. The maximum atomic E-state index is 15.6. The molecule has 1 aromatic heterocycles. The zero-order valence-corrected chi connectivity index (χ0v) is 28.3. The van der Waals surface area contributed by atoms with Crippen molar-refractivity contribution in [1.82, 2.24) is 9.55 Å². The average molecular weight is 711 g/mol. The van der Waals surface area contributed by atoms with E-state index in [1.54, 1.807) is 4.57 Å². The third-order valence-corrected chi connectivity index (χ3v) is 11.6. The Kier molecular flexibility index (Phi) is 8.96. The van der Waals surface area contributed by atoms with Crippen molar-refractivity contribution < 1.29 is 22.0 Å². The Morgan fingerprint density at radius 2 is 0.962 bits per heavy atom. The van der Waals surface area contributed by atoms with Crippen LogP contribution in [0.15, 0.2) is 158 Å². The van der Waals surface area contributed by atoms with Crippen molar-refractivity contribution in [2.24, 2.45) is 0 Å². The highest BCUT2D eigenvalue weighted by Crippen LogP contribution is 2.43. The summed E-state index contributed by atoms with van der Waals surface area (Å²) in [4.78, 5) is 5.29. The van der Waals surface area contributed by atoms with Gasteiger partial charge in [0.25, 0.3) is 0 Å². The molecule has 0 fully saturated rings. The monoisotopic (exact) mass is 710 g/mol. The lowest BCUT2D eigenvalue weighted by atomic mass is 10.0. The van der Waals surface area contributed by atoms with Crippen LogP contribution in [0.4, 0.5) is 22.0 Å². The molecule has 0 unspecified atom stereocenters. The fraction of sp³-hybridized carbons (Fsp3) is 0.0227. The van der Waals surface area contributed by atoms with Gasteiger partial charge in [-0.1, -0.05) is 158 Å². The van der Waals surface area contributed by atoms with Crippen LogP contribution in [0.5, 0.6) is 0 Å². The summed E-state index contributed by atoms with van der Waals surface area (Å²) in [5.74, 6) is -9.64. The van der Waals surface area contributed by atoms with Gasteiger partial charge in [-0.05, 0) is 34.6 Å². The Balaban J connectivity index is 1.53. The van der Waals surface area contributed by atoms with E-state index in [0.29, 0.717) is 33.9 Å². The molecule has 0 amide bonds. The summed E-state index contributed by atoms with van der Waals surface area (Å²) in [6.07, 6.45) is 0. The van der Waals surface area contributed by atoms with E-state index in [4.69, 9.17) is 4.98 Å². The zero-order chi connectivity index (χ0) is 35.8. The molecule has 8 rings (SSSR count). The molecule has 2 nitrogen and oxygen atoms in total. The van der Waals surface area contributed by atoms with Gasteiger partial charge in [0, 0.05) is 22.3 Å². The maximum Gasteiger partial charge on any atom is 0.200 e. The van der Waals surface area contributed by atoms with Gasteiger partial charge in [-0.25, -0.2) is 26.9 Å². The molecule has 8 aromatic rings. The Hall–Kier alpha value is -5.91. The number of imidazole rings is 1. The van der Waals surface area contributed by atoms with E-state index in [1.807, 2.05) is 127 Å². The summed E-state index contributed by atoms with van der Waals surface area (Å²) < 4.78 is 76.8. The Morgan fingerprint density at radius 3 is 1.54 bits per heavy atom. The van der Waals surface area contributed by atoms with Crippen molar-refractivity contribution in [2.45, 2.75) is 6.54 Å². The lowest BCUT2D eigenvalue weighted by molar-refractivity contribution is 0.368. The van der Waals surface area contributed by atoms with Gasteiger partial charge in [-0.3, -0.25) is 0 Å². The minimum absolute atomic E-state index is 0.327. The third-order valence-electron chi connectivity index (χ3n) is 9.08. The Labute approximate surface area is 298 Å². The molecule has 0 radical (unpaired) electrons. The molecule has 0 N–H and O–H groups in total. The first-order valence-electron chi connectivity index (χ1n) is 16.6. The standard InChI is InChI=1S/C44H28F5N2P/c45-37-34(38(46)40(48)41(49)39(37)47)27-51-43(30-18-7-2-8-19-30)42(29-16-5-1-6-17-29)50-44(51)36-33-24-14-13-15-28(33)25-26-35(36)52(31-20-9-3-10-21-31)32-22-11-4-12-23-32/h1-26H,27H2. The van der Waals surface area contributed by atoms with Crippen LogP contribution in [0.25, 0.3) is 44.7 Å². The van der Waals surface area contributed by atoms with Gasteiger partial charge in [-0.15, -0.1) is 0 Å². The van der Waals surface area contributed by atoms with Crippen molar-refractivity contribution in [2.75, 3.05) is 0 Å². The summed E-state index contributed by atoms with van der Waals surface area (Å²) in [6, 6.07) is 50.6. The van der Waals surface area contributed by atoms with E-state index in [1.165, 1.54) is 0 Å². The van der Waals surface area contributed by atoms with E-state index >= 15 is 8.78 Å². The van der Waals surface area contributed by atoms with Crippen molar-refractivity contribution >= 4 is 34.6 Å². The maximum absolute atomic E-state index is 15.6. The minimum Gasteiger partial charge on any atom is -0.319 e. The van der Waals surface area contributed by atoms with Crippen LogP contribution >= 0.6 is 7.92 Å². The molecule has 0 spiro atoms. The van der Waals surface area contributed by atoms with E-state index in [0.717, 1.165) is 26.7 Å². The second-order valence-corrected chi connectivity index (χ2v) is 14.4. The largest absolute Gasteiger partial charge is 0.319 e. The number of nitrogens with zero attached hydrogens (tertiary/aromatic N) is 2. The van der Waals surface area contributed by atoms with E-state index in [2.05, 4.69) is 30.3 Å². The number of hydrogen-bond donors (Lipinski definition) is 0. The molecule has 0 saturated heterocycles. The number of halogens is 5. The van der Waals surface area contributed by atoms with Gasteiger partial charge < -0.3 is 4.57 Å². The van der Waals surface area contributed by atoms with Crippen LogP contribution in [0.3, 0.4) is 0 Å². The summed E-state index contributed by atoms with van der Waals surface area (Å²) in [5, 5.41) is 4.75. The highest BCUT2D eigenvalue weighted by atomic mass is 31.1. The quantitative estimate of drug-likeness (QED) is 0.0665. The molecule has 0 saturated carbocycles. The molecule has 0 atom stereocenters. The molecular formula is C44H28F5N2P. The molecular weight excluding hydrogens is 682 g/mol. The van der Waals surface area contributed by atoms with Gasteiger partial charge in [0.2, 0.25) is 5.82 Å². The van der Waals surface area contributed by atoms with E-state index in [-0.39, 0.29) is 0 Å². The van der Waals surface area contributed by atoms with Crippen LogP contribution in [0.2, 0.25) is 0 Å². The Morgan fingerprint density at radius 1 is 0.481 bits per heavy atom. The SMILES string of the molecule is Fc1c(F)c(F)c(Cn2c(-c3c(P(c4ccccc4)c4ccccc4)ccc4ccccc34)nc(-c3ccccc3)c2-c2ccccc2)c(F)c1F. The summed E-state index contributed by atoms with van der Waals surface area (Å²) in [5.41, 5.74) is 2.07. The van der Waals surface area contributed by atoms with Crippen molar-refractivity contribution in [3.8, 4) is 33.9 Å². The van der Waals surface area contributed by atoms with Gasteiger partial charge in [-0.2, -0.15) is 0 Å². The van der Waals surface area contributed by atoms with Crippen LogP contribution < -0.4 is 15.9 Å². The number of aromatic nitrogens is 2. The molecule has 0 aliphatic rings. The van der Waals surface area contributed by atoms with Crippen LogP contribution in [0.1, 0.15) is 5.56 Å². The van der Waals surface area contributed by atoms with Crippen molar-refractivity contribution in [1.29, 1.82) is 0 Å². The molecule has 0 aliphatic heterocycles. The lowest BCUT2D eigenvalue weighted by Crippen LogP contribution is -2.23. The average Bonchev–Trinajstić information content (AvgIpc) is 3.58. The fourth-order valence-electron chi connectivity index (χ4n) is 6.69. The van der Waals surface area contributed by atoms with E-state index in [9.17, 15) is 13.2 Å². The highest BCUT2D eigenvalue weighted by Gasteiger charge is 2.31. The molecule has 0 aliphatic carbocycles. The minimum atomic E-state index is -2.20. The first kappa shape index (κ1) is 33.2. The predicted octanol–water partition coefficient (Wildman–Crippen LogP) is 10.5. The first-order valence-corrected chi connectivity index (χ1v) is 17.9. The van der Waals surface area contributed by atoms with Gasteiger partial charge in [0.05, 0.1) is 17.9 Å². The van der Waals surface area contributed by atoms with E-state index < -0.39 is 49.1 Å². The number of fused-ring (bicyclic) bond motifs is 1. The number of hydrogen-bond acceptors (Lipinski definition) is 1. The van der Waals surface area contributed by atoms with Crippen LogP contribution in [-0.2, 0) is 6.54 Å². The summed E-state index contributed by atoms with van der Waals surface area (Å²) in [7, 11) is -1.24. The molecule has 7 aromatic carbocycles. The summed E-state index contributed by atoms with van der Waals surface area (Å²) in [6.45, 7) is -0.692. The molecule has 52 heavy (non-hydrogen) atoms. The number of benzene rings is 7. The van der Waals surface area contributed by atoms with Crippen LogP contribution in [-0.4, -0.2) is 9.55 Å². The Bertz CT molecular complexity index is 2470.